The summed E-state index contributed by atoms with van der Waals surface area (Å²) < 4.78 is 31.0. The molecule has 0 aliphatic heterocycles. The summed E-state index contributed by atoms with van der Waals surface area (Å²) in [5, 5.41) is 2.01. The van der Waals surface area contributed by atoms with Gasteiger partial charge >= 0.3 is 6.09 Å². The van der Waals surface area contributed by atoms with E-state index >= 15 is 0 Å². The van der Waals surface area contributed by atoms with E-state index < -0.39 is 23.4 Å². The van der Waals surface area contributed by atoms with Gasteiger partial charge in [0.1, 0.15) is 11.5 Å². The summed E-state index contributed by atoms with van der Waals surface area (Å²) >= 11 is 0. The number of halogens is 2. The summed E-state index contributed by atoms with van der Waals surface area (Å²) in [6.07, 6.45) is -0.874. The molecule has 0 saturated heterocycles. The number of anilines is 1. The van der Waals surface area contributed by atoms with Crippen molar-refractivity contribution < 1.29 is 18.3 Å². The van der Waals surface area contributed by atoms with Crippen molar-refractivity contribution >= 4 is 11.8 Å². The molecule has 5 heteroatoms. The largest absolute Gasteiger partial charge is 0.450 e. The zero-order chi connectivity index (χ0) is 11.4. The van der Waals surface area contributed by atoms with Crippen LogP contribution in [0.25, 0.3) is 0 Å². The van der Waals surface area contributed by atoms with Gasteiger partial charge in [-0.3, -0.25) is 5.32 Å². The molecule has 1 N–H and O–H groups in total. The first-order valence-corrected chi connectivity index (χ1v) is 4.44. The van der Waals surface area contributed by atoms with Gasteiger partial charge in [0.05, 0.1) is 6.61 Å². The van der Waals surface area contributed by atoms with Crippen LogP contribution in [0.1, 0.15) is 12.5 Å². The van der Waals surface area contributed by atoms with Gasteiger partial charge < -0.3 is 4.74 Å². The lowest BCUT2D eigenvalue weighted by Crippen LogP contribution is -2.15. The second-order valence-electron chi connectivity index (χ2n) is 2.90. The van der Waals surface area contributed by atoms with Crippen LogP contribution < -0.4 is 5.32 Å². The Morgan fingerprint density at radius 2 is 2.13 bits per heavy atom. The minimum Gasteiger partial charge on any atom is -0.450 e. The Morgan fingerprint density at radius 1 is 1.47 bits per heavy atom. The third-order valence-electron chi connectivity index (χ3n) is 1.79. The number of carbonyl (C=O) groups excluding carboxylic acids is 1. The van der Waals surface area contributed by atoms with E-state index in [1.165, 1.54) is 13.0 Å². The van der Waals surface area contributed by atoms with E-state index in [1.807, 2.05) is 5.32 Å². The fraction of sp³-hybridized carbons (Fsp3) is 0.300. The summed E-state index contributed by atoms with van der Waals surface area (Å²) in [5.41, 5.74) is -0.225. The predicted molar refractivity (Wildman–Crippen MR) is 51.7 cm³/mol. The molecule has 1 rings (SSSR count). The Balaban J connectivity index is 2.93. The number of amides is 1. The van der Waals surface area contributed by atoms with Gasteiger partial charge in [-0.1, -0.05) is 6.07 Å². The molecule has 0 radical (unpaired) electrons. The van der Waals surface area contributed by atoms with E-state index in [1.54, 1.807) is 6.92 Å². The van der Waals surface area contributed by atoms with E-state index in [0.29, 0.717) is 0 Å². The molecule has 82 valence electrons. The molecule has 1 aromatic rings. The molecule has 0 bridgehead atoms. The molecular formula is C10H11F2NO2. The molecule has 1 aromatic carbocycles. The maximum atomic E-state index is 13.4. The van der Waals surface area contributed by atoms with Crippen LogP contribution in [0, 0.1) is 18.6 Å². The van der Waals surface area contributed by atoms with Crippen LogP contribution in [0.15, 0.2) is 12.1 Å². The fourth-order valence-corrected chi connectivity index (χ4v) is 1.04. The molecule has 0 aliphatic carbocycles. The molecule has 0 saturated carbocycles. The van der Waals surface area contributed by atoms with Crippen molar-refractivity contribution in [1.82, 2.24) is 0 Å². The zero-order valence-electron chi connectivity index (χ0n) is 8.43. The van der Waals surface area contributed by atoms with Gasteiger partial charge in [0.2, 0.25) is 0 Å². The van der Waals surface area contributed by atoms with Crippen molar-refractivity contribution in [3.63, 3.8) is 0 Å². The Hall–Kier alpha value is -1.65. The lowest BCUT2D eigenvalue weighted by atomic mass is 10.2. The summed E-state index contributed by atoms with van der Waals surface area (Å²) in [6.45, 7) is 3.22. The van der Waals surface area contributed by atoms with E-state index in [-0.39, 0.29) is 12.2 Å². The van der Waals surface area contributed by atoms with Crippen LogP contribution in [0.5, 0.6) is 0 Å². The number of aryl methyl sites for hydroxylation is 1. The first-order chi connectivity index (χ1) is 7.06. The number of ether oxygens (including phenoxy) is 1. The predicted octanol–water partition coefficient (Wildman–Crippen LogP) is 2.84. The number of benzene rings is 1. The van der Waals surface area contributed by atoms with Crippen molar-refractivity contribution in [3.8, 4) is 0 Å². The minimum atomic E-state index is -0.874. The zero-order valence-corrected chi connectivity index (χ0v) is 8.43. The lowest BCUT2D eigenvalue weighted by molar-refractivity contribution is 0.167. The van der Waals surface area contributed by atoms with Gasteiger partial charge in [-0.05, 0) is 25.5 Å². The molecule has 0 aromatic heterocycles. The molecule has 15 heavy (non-hydrogen) atoms. The normalized spacial score (nSPS) is 9.87. The lowest BCUT2D eigenvalue weighted by Gasteiger charge is -2.08. The average molecular weight is 215 g/mol. The van der Waals surface area contributed by atoms with E-state index in [4.69, 9.17) is 0 Å². The Kier molecular flexibility index (Phi) is 3.60. The first kappa shape index (κ1) is 11.4. The molecule has 0 heterocycles. The average Bonchev–Trinajstić information content (AvgIpc) is 2.19. The number of hydrogen-bond donors (Lipinski definition) is 1. The van der Waals surface area contributed by atoms with Crippen molar-refractivity contribution in [1.29, 1.82) is 0 Å². The van der Waals surface area contributed by atoms with Gasteiger partial charge in [-0.15, -0.1) is 0 Å². The summed E-state index contributed by atoms with van der Waals surface area (Å²) in [6, 6.07) is 2.38. The number of rotatable bonds is 2. The number of carbonyl (C=O) groups is 1. The standard InChI is InChI=1S/C10H11F2NO2/c1-3-15-10(14)13-9-7(11)5-4-6(2)8(9)12/h4-5H,3H2,1-2H3,(H,13,14). The molecular weight excluding hydrogens is 204 g/mol. The van der Waals surface area contributed by atoms with Gasteiger partial charge in [0.25, 0.3) is 0 Å². The first-order valence-electron chi connectivity index (χ1n) is 4.44. The third-order valence-corrected chi connectivity index (χ3v) is 1.79. The van der Waals surface area contributed by atoms with Crippen molar-refractivity contribution in [2.75, 3.05) is 11.9 Å². The fourth-order valence-electron chi connectivity index (χ4n) is 1.04. The minimum absolute atomic E-state index is 0.140. The second kappa shape index (κ2) is 4.72. The molecule has 3 nitrogen and oxygen atoms in total. The Labute approximate surface area is 86.0 Å². The van der Waals surface area contributed by atoms with Crippen LogP contribution in [-0.4, -0.2) is 12.7 Å². The maximum absolute atomic E-state index is 13.4. The highest BCUT2D eigenvalue weighted by atomic mass is 19.1. The van der Waals surface area contributed by atoms with Crippen LogP contribution in [0.2, 0.25) is 0 Å². The monoisotopic (exact) mass is 215 g/mol. The van der Waals surface area contributed by atoms with Gasteiger partial charge in [-0.25, -0.2) is 13.6 Å². The highest BCUT2D eigenvalue weighted by molar-refractivity contribution is 5.85. The summed E-state index contributed by atoms with van der Waals surface area (Å²) in [4.78, 5) is 11.0. The van der Waals surface area contributed by atoms with Gasteiger partial charge in [0.15, 0.2) is 5.82 Å². The number of nitrogens with one attached hydrogen (secondary N) is 1. The molecule has 0 aliphatic rings. The highest BCUT2D eigenvalue weighted by Gasteiger charge is 2.14. The summed E-state index contributed by atoms with van der Waals surface area (Å²) in [5.74, 6) is -1.62. The van der Waals surface area contributed by atoms with E-state index in [9.17, 15) is 13.6 Å². The number of hydrogen-bond acceptors (Lipinski definition) is 2. The quantitative estimate of drug-likeness (QED) is 0.823. The van der Waals surface area contributed by atoms with E-state index in [2.05, 4.69) is 4.74 Å². The Bertz CT molecular complexity index is 380. The van der Waals surface area contributed by atoms with Crippen molar-refractivity contribution in [3.05, 3.63) is 29.3 Å². The van der Waals surface area contributed by atoms with Crippen LogP contribution in [-0.2, 0) is 4.74 Å². The van der Waals surface area contributed by atoms with Gasteiger partial charge in [0, 0.05) is 0 Å². The molecule has 1 amide bonds. The molecule has 0 unspecified atom stereocenters. The van der Waals surface area contributed by atoms with Crippen LogP contribution in [0.3, 0.4) is 0 Å². The van der Waals surface area contributed by atoms with Crippen molar-refractivity contribution in [2.24, 2.45) is 0 Å². The molecule has 0 atom stereocenters. The van der Waals surface area contributed by atoms with E-state index in [0.717, 1.165) is 6.07 Å². The Morgan fingerprint density at radius 3 is 2.73 bits per heavy atom. The van der Waals surface area contributed by atoms with Crippen molar-refractivity contribution in [2.45, 2.75) is 13.8 Å². The highest BCUT2D eigenvalue weighted by Crippen LogP contribution is 2.21. The maximum Gasteiger partial charge on any atom is 0.411 e. The molecule has 0 fully saturated rings. The SMILES string of the molecule is CCOC(=O)Nc1c(F)ccc(C)c1F. The molecule has 0 spiro atoms. The van der Waals surface area contributed by atoms with Crippen LogP contribution in [0.4, 0.5) is 19.3 Å². The second-order valence-corrected chi connectivity index (χ2v) is 2.90. The van der Waals surface area contributed by atoms with Crippen LogP contribution >= 0.6 is 0 Å². The summed E-state index contributed by atoms with van der Waals surface area (Å²) in [7, 11) is 0. The van der Waals surface area contributed by atoms with Gasteiger partial charge in [-0.2, -0.15) is 0 Å². The third kappa shape index (κ3) is 2.65. The topological polar surface area (TPSA) is 38.3 Å². The smallest absolute Gasteiger partial charge is 0.411 e.